The summed E-state index contributed by atoms with van der Waals surface area (Å²) in [7, 11) is 0. The van der Waals surface area contributed by atoms with Crippen LogP contribution in [0.5, 0.6) is 5.75 Å². The number of halogens is 1. The van der Waals surface area contributed by atoms with Gasteiger partial charge in [0.15, 0.2) is 0 Å². The van der Waals surface area contributed by atoms with Gasteiger partial charge in [-0.05, 0) is 37.1 Å². The lowest BCUT2D eigenvalue weighted by molar-refractivity contribution is 0.139. The van der Waals surface area contributed by atoms with E-state index in [1.165, 1.54) is 21.4 Å². The minimum absolute atomic E-state index is 0.688. The van der Waals surface area contributed by atoms with Crippen LogP contribution in [-0.2, 0) is 0 Å². The van der Waals surface area contributed by atoms with Crippen molar-refractivity contribution in [1.82, 2.24) is 4.31 Å². The van der Waals surface area contributed by atoms with Crippen LogP contribution < -0.4 is 4.74 Å². The van der Waals surface area contributed by atoms with Crippen LogP contribution in [0.15, 0.2) is 16.6 Å². The van der Waals surface area contributed by atoms with Crippen molar-refractivity contribution < 1.29 is 4.74 Å². The molecule has 0 N–H and O–H groups in total. The van der Waals surface area contributed by atoms with E-state index in [2.05, 4.69) is 53.1 Å². The number of ether oxygens (including phenoxy) is 1. The maximum Gasteiger partial charge on any atom is 0.119 e. The molecule has 1 aliphatic rings. The van der Waals surface area contributed by atoms with Crippen molar-refractivity contribution in [3.8, 4) is 5.75 Å². The monoisotopic (exact) mass is 329 g/mol. The first-order chi connectivity index (χ1) is 8.60. The molecule has 1 saturated heterocycles. The molecule has 1 heterocycles. The maximum absolute atomic E-state index is 5.90. The lowest BCUT2D eigenvalue weighted by atomic mass is 10.1. The topological polar surface area (TPSA) is 12.5 Å². The second-order valence-corrected chi connectivity index (χ2v) is 6.96. The van der Waals surface area contributed by atoms with E-state index in [0.717, 1.165) is 25.4 Å². The van der Waals surface area contributed by atoms with E-state index in [4.69, 9.17) is 4.74 Å². The highest BCUT2D eigenvalue weighted by molar-refractivity contribution is 9.10. The van der Waals surface area contributed by atoms with E-state index in [0.29, 0.717) is 5.92 Å². The first kappa shape index (κ1) is 14.2. The van der Waals surface area contributed by atoms with E-state index < -0.39 is 0 Å². The van der Waals surface area contributed by atoms with Gasteiger partial charge >= 0.3 is 0 Å². The van der Waals surface area contributed by atoms with Gasteiger partial charge in [0.1, 0.15) is 5.75 Å². The summed E-state index contributed by atoms with van der Waals surface area (Å²) in [6, 6.07) is 4.21. The van der Waals surface area contributed by atoms with Gasteiger partial charge in [0.2, 0.25) is 0 Å². The van der Waals surface area contributed by atoms with Gasteiger partial charge in [0, 0.05) is 29.2 Å². The van der Waals surface area contributed by atoms with Gasteiger partial charge in [-0.3, -0.25) is 0 Å². The molecule has 0 radical (unpaired) electrons. The second-order valence-electron chi connectivity index (χ2n) is 4.81. The Morgan fingerprint density at radius 1 is 1.33 bits per heavy atom. The SMILES string of the molecule is CCSN1CC(COc2cc(C)c(Br)c(C)c2)C1. The molecular weight excluding hydrogens is 310 g/mol. The van der Waals surface area contributed by atoms with Gasteiger partial charge in [0.05, 0.1) is 6.61 Å². The molecule has 0 bridgehead atoms. The summed E-state index contributed by atoms with van der Waals surface area (Å²) in [5.41, 5.74) is 2.48. The molecule has 1 aromatic carbocycles. The summed E-state index contributed by atoms with van der Waals surface area (Å²) in [6.45, 7) is 9.56. The predicted octanol–water partition coefficient (Wildman–Crippen LogP) is 4.04. The van der Waals surface area contributed by atoms with Crippen molar-refractivity contribution in [1.29, 1.82) is 0 Å². The molecule has 1 aliphatic heterocycles. The molecule has 0 aromatic heterocycles. The van der Waals surface area contributed by atoms with Crippen LogP contribution in [0.3, 0.4) is 0 Å². The number of aryl methyl sites for hydroxylation is 2. The Bertz CT molecular complexity index is 395. The number of hydrogen-bond donors (Lipinski definition) is 0. The highest BCUT2D eigenvalue weighted by Gasteiger charge is 2.27. The molecule has 0 aliphatic carbocycles. The molecule has 0 spiro atoms. The molecule has 0 atom stereocenters. The first-order valence-corrected chi connectivity index (χ1v) is 8.11. The normalized spacial score (nSPS) is 16.7. The van der Waals surface area contributed by atoms with Crippen LogP contribution in [0.25, 0.3) is 0 Å². The van der Waals surface area contributed by atoms with Gasteiger partial charge < -0.3 is 4.74 Å². The third-order valence-electron chi connectivity index (χ3n) is 3.13. The van der Waals surface area contributed by atoms with Crippen molar-refractivity contribution in [2.75, 3.05) is 25.4 Å². The summed E-state index contributed by atoms with van der Waals surface area (Å²) >= 11 is 5.50. The fraction of sp³-hybridized carbons (Fsp3) is 0.571. The van der Waals surface area contributed by atoms with Gasteiger partial charge in [-0.15, -0.1) is 0 Å². The van der Waals surface area contributed by atoms with E-state index in [1.807, 2.05) is 11.9 Å². The van der Waals surface area contributed by atoms with Crippen molar-refractivity contribution >= 4 is 27.9 Å². The summed E-state index contributed by atoms with van der Waals surface area (Å²) in [4.78, 5) is 0. The fourth-order valence-corrected chi connectivity index (χ4v) is 3.35. The number of nitrogens with zero attached hydrogens (tertiary/aromatic N) is 1. The molecule has 18 heavy (non-hydrogen) atoms. The average Bonchev–Trinajstić information content (AvgIpc) is 2.28. The minimum atomic E-state index is 0.688. The van der Waals surface area contributed by atoms with Gasteiger partial charge in [-0.25, -0.2) is 4.31 Å². The van der Waals surface area contributed by atoms with E-state index in [9.17, 15) is 0 Å². The Labute approximate surface area is 122 Å². The Morgan fingerprint density at radius 3 is 2.50 bits per heavy atom. The molecule has 100 valence electrons. The maximum atomic E-state index is 5.90. The molecule has 2 rings (SSSR count). The lowest BCUT2D eigenvalue weighted by Gasteiger charge is -2.37. The third-order valence-corrected chi connectivity index (χ3v) is 5.30. The van der Waals surface area contributed by atoms with Crippen LogP contribution in [-0.4, -0.2) is 29.8 Å². The molecule has 0 saturated carbocycles. The zero-order valence-corrected chi connectivity index (χ0v) is 13.6. The van der Waals surface area contributed by atoms with Crippen molar-refractivity contribution in [3.05, 3.63) is 27.7 Å². The molecule has 4 heteroatoms. The fourth-order valence-electron chi connectivity index (χ4n) is 2.12. The molecule has 2 nitrogen and oxygen atoms in total. The quantitative estimate of drug-likeness (QED) is 0.756. The molecular formula is C14H20BrNOS. The van der Waals surface area contributed by atoms with Gasteiger partial charge in [-0.2, -0.15) is 0 Å². The largest absolute Gasteiger partial charge is 0.493 e. The summed E-state index contributed by atoms with van der Waals surface area (Å²) in [5.74, 6) is 2.85. The second kappa shape index (κ2) is 6.31. The standard InChI is InChI=1S/C14H20BrNOS/c1-4-18-16-7-12(8-16)9-17-13-5-10(2)14(15)11(3)6-13/h5-6,12H,4,7-9H2,1-3H3. The number of rotatable bonds is 5. The predicted molar refractivity (Wildman–Crippen MR) is 82.3 cm³/mol. The van der Waals surface area contributed by atoms with Crippen molar-refractivity contribution in [3.63, 3.8) is 0 Å². The zero-order chi connectivity index (χ0) is 13.1. The summed E-state index contributed by atoms with van der Waals surface area (Å²) < 4.78 is 9.49. The van der Waals surface area contributed by atoms with Crippen LogP contribution in [0, 0.1) is 19.8 Å². The Hall–Kier alpha value is -0.190. The first-order valence-electron chi connectivity index (χ1n) is 6.37. The van der Waals surface area contributed by atoms with Crippen LogP contribution >= 0.6 is 27.9 Å². The van der Waals surface area contributed by atoms with Gasteiger partial charge in [0.25, 0.3) is 0 Å². The van der Waals surface area contributed by atoms with Crippen molar-refractivity contribution in [2.45, 2.75) is 20.8 Å². The molecule has 1 fully saturated rings. The van der Waals surface area contributed by atoms with Crippen LogP contribution in [0.4, 0.5) is 0 Å². The van der Waals surface area contributed by atoms with Crippen LogP contribution in [0.1, 0.15) is 18.1 Å². The summed E-state index contributed by atoms with van der Waals surface area (Å²) in [6.07, 6.45) is 0. The van der Waals surface area contributed by atoms with E-state index in [1.54, 1.807) is 0 Å². The Morgan fingerprint density at radius 2 is 1.94 bits per heavy atom. The highest BCUT2D eigenvalue weighted by Crippen LogP contribution is 2.28. The van der Waals surface area contributed by atoms with E-state index in [-0.39, 0.29) is 0 Å². The number of hydrogen-bond acceptors (Lipinski definition) is 3. The average molecular weight is 330 g/mol. The lowest BCUT2D eigenvalue weighted by Crippen LogP contribution is -2.45. The Kier molecular flexibility index (Phi) is 4.98. The minimum Gasteiger partial charge on any atom is -0.493 e. The van der Waals surface area contributed by atoms with Crippen LogP contribution in [0.2, 0.25) is 0 Å². The molecule has 0 unspecified atom stereocenters. The zero-order valence-electron chi connectivity index (χ0n) is 11.2. The summed E-state index contributed by atoms with van der Waals surface area (Å²) in [5, 5.41) is 0. The van der Waals surface area contributed by atoms with E-state index >= 15 is 0 Å². The molecule has 0 amide bonds. The highest BCUT2D eigenvalue weighted by atomic mass is 79.9. The smallest absolute Gasteiger partial charge is 0.119 e. The molecule has 1 aromatic rings. The third kappa shape index (κ3) is 3.43. The van der Waals surface area contributed by atoms with Gasteiger partial charge in [-0.1, -0.05) is 34.8 Å². The number of benzene rings is 1. The Balaban J connectivity index is 1.81. The van der Waals surface area contributed by atoms with Crippen molar-refractivity contribution in [2.24, 2.45) is 5.92 Å².